The average molecular weight is 472 g/mol. The maximum atomic E-state index is 12.5. The first-order valence-electron chi connectivity index (χ1n) is 10.2. The summed E-state index contributed by atoms with van der Waals surface area (Å²) in [7, 11) is 1.58. The molecule has 0 atom stereocenters. The third-order valence-corrected chi connectivity index (χ3v) is 5.00. The van der Waals surface area contributed by atoms with Gasteiger partial charge < -0.3 is 14.2 Å². The summed E-state index contributed by atoms with van der Waals surface area (Å²) >= 11 is 0. The van der Waals surface area contributed by atoms with Gasteiger partial charge in [0.05, 0.1) is 25.0 Å². The second kappa shape index (κ2) is 10.3. The normalized spacial score (nSPS) is 11.1. The van der Waals surface area contributed by atoms with Crippen molar-refractivity contribution in [3.63, 3.8) is 0 Å². The highest BCUT2D eigenvalue weighted by molar-refractivity contribution is 5.69. The number of hydrogen-bond donors (Lipinski definition) is 0. The number of alkyl halides is 4. The van der Waals surface area contributed by atoms with E-state index >= 15 is 0 Å². The highest BCUT2D eigenvalue weighted by Crippen LogP contribution is 2.30. The zero-order valence-electron chi connectivity index (χ0n) is 18.0. The predicted molar refractivity (Wildman–Crippen MR) is 118 cm³/mol. The summed E-state index contributed by atoms with van der Waals surface area (Å²) in [5, 5.41) is 4.70. The number of rotatable bonds is 9. The van der Waals surface area contributed by atoms with Gasteiger partial charge in [-0.15, -0.1) is 0 Å². The highest BCUT2D eigenvalue weighted by atomic mass is 19.3. The van der Waals surface area contributed by atoms with Crippen LogP contribution in [0.5, 0.6) is 17.2 Å². The quantitative estimate of drug-likeness (QED) is 0.262. The van der Waals surface area contributed by atoms with Crippen molar-refractivity contribution < 1.29 is 31.8 Å². The lowest BCUT2D eigenvalue weighted by Crippen LogP contribution is -2.05. The molecule has 0 aliphatic heterocycles. The molecule has 0 unspecified atom stereocenters. The summed E-state index contributed by atoms with van der Waals surface area (Å²) in [6, 6.07) is 21.8. The number of hydrogen-bond acceptors (Lipinski definition) is 4. The smallest absolute Gasteiger partial charge is 0.387 e. The van der Waals surface area contributed by atoms with Crippen molar-refractivity contribution in [1.29, 1.82) is 0 Å². The molecule has 5 nitrogen and oxygen atoms in total. The van der Waals surface area contributed by atoms with E-state index in [1.807, 2.05) is 30.3 Å². The van der Waals surface area contributed by atoms with Crippen LogP contribution in [0.25, 0.3) is 22.5 Å². The molecule has 0 aliphatic carbocycles. The van der Waals surface area contributed by atoms with Crippen LogP contribution >= 0.6 is 0 Å². The SMILES string of the molecule is COc1cccc(Cn2nc(-c3ccc(OC(F)F)cc3)cc2-c2ccc(OC(F)F)cc2)c1. The van der Waals surface area contributed by atoms with E-state index in [-0.39, 0.29) is 11.5 Å². The van der Waals surface area contributed by atoms with Gasteiger partial charge in [0, 0.05) is 11.1 Å². The summed E-state index contributed by atoms with van der Waals surface area (Å²) in [5.74, 6) is 0.798. The fourth-order valence-corrected chi connectivity index (χ4v) is 3.47. The number of aromatic nitrogens is 2. The molecule has 0 aliphatic rings. The van der Waals surface area contributed by atoms with Gasteiger partial charge in [0.1, 0.15) is 17.2 Å². The molecular weight excluding hydrogens is 452 g/mol. The number of ether oxygens (including phenoxy) is 3. The van der Waals surface area contributed by atoms with E-state index in [2.05, 4.69) is 9.47 Å². The van der Waals surface area contributed by atoms with Crippen LogP contribution in [-0.2, 0) is 6.54 Å². The van der Waals surface area contributed by atoms with Gasteiger partial charge >= 0.3 is 13.2 Å². The van der Waals surface area contributed by atoms with Crippen molar-refractivity contribution in [2.45, 2.75) is 19.8 Å². The zero-order valence-corrected chi connectivity index (χ0v) is 18.0. The third kappa shape index (κ3) is 5.67. The van der Waals surface area contributed by atoms with Crippen molar-refractivity contribution in [1.82, 2.24) is 9.78 Å². The second-order valence-electron chi connectivity index (χ2n) is 7.23. The lowest BCUT2D eigenvalue weighted by atomic mass is 10.1. The Bertz CT molecular complexity index is 1230. The molecule has 0 amide bonds. The first-order chi connectivity index (χ1) is 16.4. The molecule has 4 aromatic rings. The summed E-state index contributed by atoms with van der Waals surface area (Å²) in [4.78, 5) is 0. The zero-order chi connectivity index (χ0) is 24.1. The minimum absolute atomic E-state index is 0.0457. The van der Waals surface area contributed by atoms with Crippen LogP contribution in [-0.4, -0.2) is 30.1 Å². The average Bonchev–Trinajstić information content (AvgIpc) is 3.23. The molecule has 0 saturated heterocycles. The van der Waals surface area contributed by atoms with E-state index in [0.717, 1.165) is 16.8 Å². The Labute approximate surface area is 193 Å². The maximum absolute atomic E-state index is 12.5. The van der Waals surface area contributed by atoms with Gasteiger partial charge in [0.2, 0.25) is 0 Å². The van der Waals surface area contributed by atoms with Crippen LogP contribution in [0.15, 0.2) is 78.9 Å². The summed E-state index contributed by atoms with van der Waals surface area (Å²) in [5.41, 5.74) is 3.71. The Morgan fingerprint density at radius 2 is 1.32 bits per heavy atom. The Kier molecular flexibility index (Phi) is 7.01. The van der Waals surface area contributed by atoms with Gasteiger partial charge in [-0.1, -0.05) is 12.1 Å². The topological polar surface area (TPSA) is 45.5 Å². The lowest BCUT2D eigenvalue weighted by molar-refractivity contribution is -0.0505. The molecule has 9 heteroatoms. The molecule has 0 fully saturated rings. The highest BCUT2D eigenvalue weighted by Gasteiger charge is 2.14. The molecule has 0 radical (unpaired) electrons. The largest absolute Gasteiger partial charge is 0.497 e. The molecule has 0 saturated carbocycles. The Morgan fingerprint density at radius 3 is 1.88 bits per heavy atom. The fourth-order valence-electron chi connectivity index (χ4n) is 3.47. The number of benzene rings is 3. The van der Waals surface area contributed by atoms with Crippen molar-refractivity contribution in [3.8, 4) is 39.8 Å². The van der Waals surface area contributed by atoms with Gasteiger partial charge in [-0.05, 0) is 72.3 Å². The van der Waals surface area contributed by atoms with Gasteiger partial charge in [-0.2, -0.15) is 22.7 Å². The molecule has 0 N–H and O–H groups in total. The van der Waals surface area contributed by atoms with Crippen molar-refractivity contribution in [2.24, 2.45) is 0 Å². The monoisotopic (exact) mass is 472 g/mol. The van der Waals surface area contributed by atoms with E-state index in [0.29, 0.717) is 23.6 Å². The van der Waals surface area contributed by atoms with Crippen molar-refractivity contribution in [2.75, 3.05) is 7.11 Å². The van der Waals surface area contributed by atoms with E-state index in [1.165, 1.54) is 24.3 Å². The fraction of sp³-hybridized carbons (Fsp3) is 0.160. The molecular formula is C25H20F4N2O3. The first-order valence-corrected chi connectivity index (χ1v) is 10.2. The van der Waals surface area contributed by atoms with E-state index in [9.17, 15) is 17.6 Å². The Morgan fingerprint density at radius 1 is 0.735 bits per heavy atom. The van der Waals surface area contributed by atoms with E-state index < -0.39 is 13.2 Å². The number of methoxy groups -OCH3 is 1. The Balaban J connectivity index is 1.70. The molecule has 176 valence electrons. The molecule has 0 bridgehead atoms. The van der Waals surface area contributed by atoms with Gasteiger partial charge in [-0.25, -0.2) is 0 Å². The van der Waals surface area contributed by atoms with Crippen LogP contribution in [0.4, 0.5) is 17.6 Å². The molecule has 0 spiro atoms. The summed E-state index contributed by atoms with van der Waals surface area (Å²) in [6.45, 7) is -5.40. The van der Waals surface area contributed by atoms with Crippen LogP contribution in [0, 0.1) is 0 Å². The molecule has 1 heterocycles. The molecule has 4 rings (SSSR count). The first kappa shape index (κ1) is 23.2. The molecule has 1 aromatic heterocycles. The minimum Gasteiger partial charge on any atom is -0.497 e. The van der Waals surface area contributed by atoms with Crippen LogP contribution in [0.2, 0.25) is 0 Å². The molecule has 3 aromatic carbocycles. The lowest BCUT2D eigenvalue weighted by Gasteiger charge is -2.10. The van der Waals surface area contributed by atoms with Crippen molar-refractivity contribution >= 4 is 0 Å². The van der Waals surface area contributed by atoms with Crippen LogP contribution in [0.1, 0.15) is 5.56 Å². The second-order valence-corrected chi connectivity index (χ2v) is 7.23. The van der Waals surface area contributed by atoms with Gasteiger partial charge in [0.15, 0.2) is 0 Å². The summed E-state index contributed by atoms with van der Waals surface area (Å²) < 4.78 is 65.8. The number of halogens is 4. The van der Waals surface area contributed by atoms with Crippen LogP contribution < -0.4 is 14.2 Å². The van der Waals surface area contributed by atoms with E-state index in [1.54, 1.807) is 36.1 Å². The van der Waals surface area contributed by atoms with Crippen molar-refractivity contribution in [3.05, 3.63) is 84.4 Å². The standard InChI is InChI=1S/C25H20F4N2O3/c1-32-21-4-2-3-16(13-21)15-31-23(18-7-11-20(12-8-18)34-25(28)29)14-22(30-31)17-5-9-19(10-6-17)33-24(26)27/h2-14,24-25H,15H2,1H3. The number of nitrogens with zero attached hydrogens (tertiary/aromatic N) is 2. The van der Waals surface area contributed by atoms with E-state index in [4.69, 9.17) is 9.84 Å². The van der Waals surface area contributed by atoms with Crippen LogP contribution in [0.3, 0.4) is 0 Å². The predicted octanol–water partition coefficient (Wildman–Crippen LogP) is 6.48. The summed E-state index contributed by atoms with van der Waals surface area (Å²) in [6.07, 6.45) is 0. The van der Waals surface area contributed by atoms with Gasteiger partial charge in [-0.3, -0.25) is 4.68 Å². The molecule has 34 heavy (non-hydrogen) atoms. The maximum Gasteiger partial charge on any atom is 0.387 e. The van der Waals surface area contributed by atoms with Gasteiger partial charge in [0.25, 0.3) is 0 Å². The minimum atomic E-state index is -2.91. The Hall–Kier alpha value is -4.01. The third-order valence-electron chi connectivity index (χ3n) is 5.00.